The second-order valence-corrected chi connectivity index (χ2v) is 6.14. The molecular formula is C20H26N4O. The van der Waals surface area contributed by atoms with Gasteiger partial charge in [0.05, 0.1) is 0 Å². The van der Waals surface area contributed by atoms with Crippen LogP contribution in [0.1, 0.15) is 21.5 Å². The summed E-state index contributed by atoms with van der Waals surface area (Å²) < 4.78 is 0. The molecule has 0 saturated heterocycles. The number of rotatable bonds is 5. The molecule has 2 aromatic rings. The molecule has 0 unspecified atom stereocenters. The fraction of sp³-hybridized carbons (Fsp3) is 0.300. The number of guanidine groups is 1. The Labute approximate surface area is 150 Å². The van der Waals surface area contributed by atoms with Crippen LogP contribution in [0.25, 0.3) is 0 Å². The third kappa shape index (κ3) is 5.35. The van der Waals surface area contributed by atoms with Gasteiger partial charge in [0.2, 0.25) is 0 Å². The lowest BCUT2D eigenvalue weighted by Gasteiger charge is -2.22. The van der Waals surface area contributed by atoms with Gasteiger partial charge in [0, 0.05) is 46.8 Å². The topological polar surface area (TPSA) is 47.9 Å². The summed E-state index contributed by atoms with van der Waals surface area (Å²) in [6.07, 6.45) is 0. The second-order valence-electron chi connectivity index (χ2n) is 6.14. The molecule has 25 heavy (non-hydrogen) atoms. The fourth-order valence-electron chi connectivity index (χ4n) is 2.52. The van der Waals surface area contributed by atoms with Gasteiger partial charge in [-0.25, -0.2) is 0 Å². The van der Waals surface area contributed by atoms with Gasteiger partial charge < -0.3 is 15.1 Å². The fourth-order valence-corrected chi connectivity index (χ4v) is 2.52. The van der Waals surface area contributed by atoms with E-state index in [4.69, 9.17) is 0 Å². The minimum atomic E-state index is 0.0120. The van der Waals surface area contributed by atoms with Crippen LogP contribution in [0.2, 0.25) is 0 Å². The van der Waals surface area contributed by atoms with Crippen LogP contribution in [0.5, 0.6) is 0 Å². The molecule has 0 spiro atoms. The summed E-state index contributed by atoms with van der Waals surface area (Å²) in [5, 5.41) is 3.36. The van der Waals surface area contributed by atoms with Gasteiger partial charge in [-0.2, -0.15) is 0 Å². The molecule has 0 fully saturated rings. The highest BCUT2D eigenvalue weighted by molar-refractivity contribution is 5.93. The van der Waals surface area contributed by atoms with Gasteiger partial charge in [0.15, 0.2) is 5.96 Å². The summed E-state index contributed by atoms with van der Waals surface area (Å²) >= 11 is 0. The van der Waals surface area contributed by atoms with E-state index in [1.54, 1.807) is 26.0 Å². The van der Waals surface area contributed by atoms with E-state index in [1.807, 2.05) is 49.5 Å². The maximum atomic E-state index is 11.9. The average Bonchev–Trinajstić information content (AvgIpc) is 2.63. The Morgan fingerprint density at radius 3 is 2.16 bits per heavy atom. The molecule has 0 bridgehead atoms. The van der Waals surface area contributed by atoms with Crippen LogP contribution in [0.3, 0.4) is 0 Å². The molecule has 0 heterocycles. The zero-order valence-electron chi connectivity index (χ0n) is 15.4. The predicted octanol–water partition coefficient (Wildman–Crippen LogP) is 2.60. The van der Waals surface area contributed by atoms with Crippen molar-refractivity contribution in [2.24, 2.45) is 4.99 Å². The lowest BCUT2D eigenvalue weighted by atomic mass is 10.1. The Balaban J connectivity index is 1.93. The molecule has 1 amide bonds. The highest BCUT2D eigenvalue weighted by Gasteiger charge is 2.09. The van der Waals surface area contributed by atoms with Crippen LogP contribution in [0.15, 0.2) is 59.6 Å². The standard InChI is InChI=1S/C20H26N4O/c1-21-20(24(4)15-17-8-6-5-7-9-17)22-14-16-10-12-18(13-11-16)19(25)23(2)3/h5-13H,14-15H2,1-4H3,(H,21,22). The van der Waals surface area contributed by atoms with Gasteiger partial charge in [0.25, 0.3) is 5.91 Å². The molecule has 2 aromatic carbocycles. The minimum Gasteiger partial charge on any atom is -0.352 e. The Morgan fingerprint density at radius 1 is 0.960 bits per heavy atom. The van der Waals surface area contributed by atoms with Crippen molar-refractivity contribution < 1.29 is 4.79 Å². The second kappa shape index (κ2) is 8.87. The van der Waals surface area contributed by atoms with E-state index < -0.39 is 0 Å². The first-order valence-corrected chi connectivity index (χ1v) is 8.27. The Kier molecular flexibility index (Phi) is 6.57. The number of amides is 1. The van der Waals surface area contributed by atoms with Crippen molar-refractivity contribution in [2.75, 3.05) is 28.2 Å². The van der Waals surface area contributed by atoms with Crippen LogP contribution < -0.4 is 5.32 Å². The molecule has 1 N–H and O–H groups in total. The summed E-state index contributed by atoms with van der Waals surface area (Å²) in [5.74, 6) is 0.843. The van der Waals surface area contributed by atoms with Crippen LogP contribution in [-0.2, 0) is 13.1 Å². The molecule has 0 aromatic heterocycles. The number of nitrogens with one attached hydrogen (secondary N) is 1. The monoisotopic (exact) mass is 338 g/mol. The summed E-state index contributed by atoms with van der Waals surface area (Å²) in [4.78, 5) is 19.9. The molecular weight excluding hydrogens is 312 g/mol. The normalized spacial score (nSPS) is 11.1. The Morgan fingerprint density at radius 2 is 1.60 bits per heavy atom. The maximum absolute atomic E-state index is 11.9. The van der Waals surface area contributed by atoms with E-state index in [0.29, 0.717) is 12.1 Å². The smallest absolute Gasteiger partial charge is 0.253 e. The molecule has 5 heteroatoms. The Hall–Kier alpha value is -2.82. The summed E-state index contributed by atoms with van der Waals surface area (Å²) in [6.45, 7) is 1.44. The van der Waals surface area contributed by atoms with E-state index in [-0.39, 0.29) is 5.91 Å². The van der Waals surface area contributed by atoms with E-state index in [0.717, 1.165) is 18.1 Å². The van der Waals surface area contributed by atoms with Crippen LogP contribution >= 0.6 is 0 Å². The number of carbonyl (C=O) groups excluding carboxylic acids is 1. The molecule has 0 radical (unpaired) electrons. The lowest BCUT2D eigenvalue weighted by Crippen LogP contribution is -2.38. The third-order valence-corrected chi connectivity index (χ3v) is 3.89. The first-order valence-electron chi connectivity index (χ1n) is 8.27. The van der Waals surface area contributed by atoms with Gasteiger partial charge in [-0.1, -0.05) is 42.5 Å². The quantitative estimate of drug-likeness (QED) is 0.673. The van der Waals surface area contributed by atoms with Crippen molar-refractivity contribution in [3.63, 3.8) is 0 Å². The Bertz CT molecular complexity index is 708. The van der Waals surface area contributed by atoms with Gasteiger partial charge in [0.1, 0.15) is 0 Å². The molecule has 0 aliphatic heterocycles. The minimum absolute atomic E-state index is 0.0120. The van der Waals surface area contributed by atoms with Crippen molar-refractivity contribution in [2.45, 2.75) is 13.1 Å². The molecule has 5 nitrogen and oxygen atoms in total. The number of aliphatic imine (C=N–C) groups is 1. The molecule has 2 rings (SSSR count). The van der Waals surface area contributed by atoms with Crippen LogP contribution in [-0.4, -0.2) is 49.9 Å². The van der Waals surface area contributed by atoms with Crippen molar-refractivity contribution in [1.29, 1.82) is 0 Å². The average molecular weight is 338 g/mol. The summed E-state index contributed by atoms with van der Waals surface area (Å²) in [7, 11) is 7.30. The van der Waals surface area contributed by atoms with Crippen molar-refractivity contribution >= 4 is 11.9 Å². The molecule has 0 saturated carbocycles. The first kappa shape index (κ1) is 18.5. The van der Waals surface area contributed by atoms with Crippen molar-refractivity contribution in [3.05, 3.63) is 71.3 Å². The highest BCUT2D eigenvalue weighted by atomic mass is 16.2. The van der Waals surface area contributed by atoms with Gasteiger partial charge in [-0.05, 0) is 23.3 Å². The highest BCUT2D eigenvalue weighted by Crippen LogP contribution is 2.07. The van der Waals surface area contributed by atoms with Crippen LogP contribution in [0, 0.1) is 0 Å². The van der Waals surface area contributed by atoms with E-state index in [9.17, 15) is 4.79 Å². The molecule has 0 aliphatic rings. The van der Waals surface area contributed by atoms with E-state index in [2.05, 4.69) is 27.3 Å². The molecule has 0 atom stereocenters. The number of nitrogens with zero attached hydrogens (tertiary/aromatic N) is 3. The van der Waals surface area contributed by atoms with Gasteiger partial charge >= 0.3 is 0 Å². The van der Waals surface area contributed by atoms with Gasteiger partial charge in [-0.15, -0.1) is 0 Å². The summed E-state index contributed by atoms with van der Waals surface area (Å²) in [5.41, 5.74) is 3.03. The van der Waals surface area contributed by atoms with Crippen molar-refractivity contribution in [3.8, 4) is 0 Å². The molecule has 132 valence electrons. The SMILES string of the molecule is CN=C(NCc1ccc(C(=O)N(C)C)cc1)N(C)Cc1ccccc1. The number of benzene rings is 2. The number of hydrogen-bond acceptors (Lipinski definition) is 2. The number of carbonyl (C=O) groups is 1. The third-order valence-electron chi connectivity index (χ3n) is 3.89. The summed E-state index contributed by atoms with van der Waals surface area (Å²) in [6, 6.07) is 17.9. The zero-order valence-corrected chi connectivity index (χ0v) is 15.4. The zero-order chi connectivity index (χ0) is 18.2. The largest absolute Gasteiger partial charge is 0.352 e. The lowest BCUT2D eigenvalue weighted by molar-refractivity contribution is 0.0827. The maximum Gasteiger partial charge on any atom is 0.253 e. The van der Waals surface area contributed by atoms with Gasteiger partial charge in [-0.3, -0.25) is 9.79 Å². The number of hydrogen-bond donors (Lipinski definition) is 1. The van der Waals surface area contributed by atoms with Crippen LogP contribution in [0.4, 0.5) is 0 Å². The van der Waals surface area contributed by atoms with E-state index in [1.165, 1.54) is 5.56 Å². The molecule has 0 aliphatic carbocycles. The first-order chi connectivity index (χ1) is 12.0. The predicted molar refractivity (Wildman–Crippen MR) is 103 cm³/mol. The van der Waals surface area contributed by atoms with E-state index >= 15 is 0 Å². The van der Waals surface area contributed by atoms with Crippen molar-refractivity contribution in [1.82, 2.24) is 15.1 Å².